The van der Waals surface area contributed by atoms with Crippen molar-refractivity contribution >= 4 is 28.3 Å². The van der Waals surface area contributed by atoms with Crippen LogP contribution in [-0.2, 0) is 0 Å². The van der Waals surface area contributed by atoms with Crippen LogP contribution in [0.3, 0.4) is 0 Å². The van der Waals surface area contributed by atoms with Gasteiger partial charge in [0.25, 0.3) is 0 Å². The number of nitrogens with one attached hydrogen (secondary N) is 2. The third-order valence-electron chi connectivity index (χ3n) is 1.53. The Morgan fingerprint density at radius 2 is 2.12 bits per heavy atom. The molecule has 1 aromatic rings. The van der Waals surface area contributed by atoms with E-state index in [-0.39, 0.29) is 16.6 Å². The van der Waals surface area contributed by atoms with E-state index in [0.29, 0.717) is 0 Å². The van der Waals surface area contributed by atoms with Crippen molar-refractivity contribution in [3.8, 4) is 0 Å². The van der Waals surface area contributed by atoms with Crippen LogP contribution in [0.2, 0.25) is 0 Å². The van der Waals surface area contributed by atoms with Gasteiger partial charge in [-0.3, -0.25) is 10.1 Å². The average molecular weight is 267 g/mol. The summed E-state index contributed by atoms with van der Waals surface area (Å²) in [5, 5.41) is 5.18. The number of urea groups is 1. The number of rotatable bonds is 3. The molecule has 2 N–H and O–H groups in total. The zero-order valence-electron chi connectivity index (χ0n) is 8.59. The summed E-state index contributed by atoms with van der Waals surface area (Å²) in [6.45, 7) is -0.133. The summed E-state index contributed by atoms with van der Waals surface area (Å²) in [6.07, 6.45) is -4.47. The molecule has 0 atom stereocenters. The van der Waals surface area contributed by atoms with Crippen LogP contribution in [-0.4, -0.2) is 29.5 Å². The van der Waals surface area contributed by atoms with Gasteiger partial charge in [0.1, 0.15) is 12.2 Å². The van der Waals surface area contributed by atoms with Crippen molar-refractivity contribution in [1.82, 2.24) is 10.3 Å². The summed E-state index contributed by atoms with van der Waals surface area (Å²) in [7, 11) is 0. The van der Waals surface area contributed by atoms with Gasteiger partial charge in [-0.05, 0) is 0 Å². The Bertz CT molecular complexity index is 430. The lowest BCUT2D eigenvalue weighted by atomic mass is 10.4. The molecule has 0 radical (unpaired) electrons. The molecule has 17 heavy (non-hydrogen) atoms. The highest BCUT2D eigenvalue weighted by Gasteiger charge is 2.27. The van der Waals surface area contributed by atoms with E-state index in [2.05, 4.69) is 10.3 Å². The van der Waals surface area contributed by atoms with Gasteiger partial charge in [0.15, 0.2) is 10.9 Å². The fourth-order valence-electron chi connectivity index (χ4n) is 0.815. The predicted molar refractivity (Wildman–Crippen MR) is 55.2 cm³/mol. The minimum Gasteiger partial charge on any atom is -0.329 e. The van der Waals surface area contributed by atoms with E-state index in [4.69, 9.17) is 0 Å². The highest BCUT2D eigenvalue weighted by Crippen LogP contribution is 2.16. The fraction of sp³-hybridized carbons (Fsp3) is 0.375. The van der Waals surface area contributed by atoms with E-state index in [1.54, 1.807) is 5.32 Å². The smallest absolute Gasteiger partial charge is 0.329 e. The number of Topliss-reactive ketones (excluding diaryl/α,β-unsaturated/α-hetero) is 1. The molecule has 0 bridgehead atoms. The van der Waals surface area contributed by atoms with Crippen molar-refractivity contribution in [3.05, 3.63) is 11.1 Å². The second kappa shape index (κ2) is 5.13. The molecule has 0 spiro atoms. The van der Waals surface area contributed by atoms with Crippen LogP contribution >= 0.6 is 11.3 Å². The number of alkyl halides is 3. The van der Waals surface area contributed by atoms with E-state index in [0.717, 1.165) is 11.3 Å². The summed E-state index contributed by atoms with van der Waals surface area (Å²) in [5.41, 5.74) is 0.154. The molecular formula is C8H8F3N3O2S. The van der Waals surface area contributed by atoms with Gasteiger partial charge in [-0.2, -0.15) is 13.2 Å². The number of amides is 2. The largest absolute Gasteiger partial charge is 0.405 e. The second-order valence-corrected chi connectivity index (χ2v) is 3.88. The van der Waals surface area contributed by atoms with Crippen LogP contribution in [0.4, 0.5) is 23.1 Å². The Balaban J connectivity index is 2.48. The fourth-order valence-corrected chi connectivity index (χ4v) is 1.56. The SMILES string of the molecule is CC(=O)c1csc(NC(=O)NCC(F)(F)F)n1. The van der Waals surface area contributed by atoms with E-state index < -0.39 is 18.8 Å². The number of carbonyl (C=O) groups is 2. The second-order valence-electron chi connectivity index (χ2n) is 3.02. The summed E-state index contributed by atoms with van der Waals surface area (Å²) in [6, 6.07) is -1.02. The van der Waals surface area contributed by atoms with Crippen LogP contribution in [0.25, 0.3) is 0 Å². The molecule has 2 amide bonds. The molecule has 0 aromatic carbocycles. The molecule has 1 rings (SSSR count). The van der Waals surface area contributed by atoms with Crippen molar-refractivity contribution in [2.45, 2.75) is 13.1 Å². The Morgan fingerprint density at radius 3 is 2.59 bits per heavy atom. The van der Waals surface area contributed by atoms with Crippen molar-refractivity contribution in [3.63, 3.8) is 0 Å². The standard InChI is InChI=1S/C8H8F3N3O2S/c1-4(15)5-2-17-7(13-5)14-6(16)12-3-8(9,10)11/h2H,3H2,1H3,(H2,12,13,14,16). The van der Waals surface area contributed by atoms with Gasteiger partial charge in [0, 0.05) is 12.3 Å². The summed E-state index contributed by atoms with van der Waals surface area (Å²) in [5.74, 6) is -0.287. The first kappa shape index (κ1) is 13.4. The molecule has 1 aromatic heterocycles. The lowest BCUT2D eigenvalue weighted by Gasteiger charge is -2.07. The molecule has 0 unspecified atom stereocenters. The molecule has 5 nitrogen and oxygen atoms in total. The van der Waals surface area contributed by atoms with Gasteiger partial charge in [-0.1, -0.05) is 0 Å². The van der Waals surface area contributed by atoms with Gasteiger partial charge < -0.3 is 5.32 Å². The van der Waals surface area contributed by atoms with Crippen molar-refractivity contribution in [2.24, 2.45) is 0 Å². The molecule has 94 valence electrons. The van der Waals surface area contributed by atoms with Crippen LogP contribution in [0.1, 0.15) is 17.4 Å². The molecule has 0 saturated carbocycles. The monoisotopic (exact) mass is 267 g/mol. The topological polar surface area (TPSA) is 71.1 Å². The van der Waals surface area contributed by atoms with Crippen LogP contribution in [0.5, 0.6) is 0 Å². The molecule has 0 aliphatic rings. The molecule has 1 heterocycles. The summed E-state index contributed by atoms with van der Waals surface area (Å²) in [4.78, 5) is 25.6. The molecule has 0 aliphatic heterocycles. The van der Waals surface area contributed by atoms with Crippen molar-refractivity contribution in [2.75, 3.05) is 11.9 Å². The number of ketones is 1. The number of hydrogen-bond acceptors (Lipinski definition) is 4. The number of anilines is 1. The maximum atomic E-state index is 11.8. The third-order valence-corrected chi connectivity index (χ3v) is 2.29. The highest BCUT2D eigenvalue weighted by molar-refractivity contribution is 7.14. The minimum atomic E-state index is -4.47. The van der Waals surface area contributed by atoms with E-state index in [1.165, 1.54) is 12.3 Å². The number of halogens is 3. The highest BCUT2D eigenvalue weighted by atomic mass is 32.1. The normalized spacial score (nSPS) is 11.1. The Kier molecular flexibility index (Phi) is 4.05. The lowest BCUT2D eigenvalue weighted by molar-refractivity contribution is -0.122. The van der Waals surface area contributed by atoms with Gasteiger partial charge in [0.2, 0.25) is 0 Å². The van der Waals surface area contributed by atoms with Gasteiger partial charge in [-0.15, -0.1) is 11.3 Å². The first-order valence-corrected chi connectivity index (χ1v) is 5.24. The summed E-state index contributed by atoms with van der Waals surface area (Å²) >= 11 is 0.954. The van der Waals surface area contributed by atoms with Crippen LogP contribution in [0.15, 0.2) is 5.38 Å². The van der Waals surface area contributed by atoms with Gasteiger partial charge in [-0.25, -0.2) is 9.78 Å². The first-order chi connectivity index (χ1) is 7.78. The van der Waals surface area contributed by atoms with E-state index >= 15 is 0 Å². The van der Waals surface area contributed by atoms with Gasteiger partial charge in [0.05, 0.1) is 0 Å². The predicted octanol–water partition coefficient (Wildman–Crippen LogP) is 2.03. The molecule has 0 aliphatic carbocycles. The van der Waals surface area contributed by atoms with Crippen molar-refractivity contribution in [1.29, 1.82) is 0 Å². The summed E-state index contributed by atoms with van der Waals surface area (Å²) < 4.78 is 35.3. The quantitative estimate of drug-likeness (QED) is 0.823. The maximum Gasteiger partial charge on any atom is 0.405 e. The number of carbonyl (C=O) groups excluding carboxylic acids is 2. The van der Waals surface area contributed by atoms with Gasteiger partial charge >= 0.3 is 12.2 Å². The molecular weight excluding hydrogens is 259 g/mol. The zero-order chi connectivity index (χ0) is 13.1. The Hall–Kier alpha value is -1.64. The Labute approximate surface area is 98.0 Å². The third kappa shape index (κ3) is 4.81. The number of hydrogen-bond donors (Lipinski definition) is 2. The van der Waals surface area contributed by atoms with Crippen LogP contribution in [0, 0.1) is 0 Å². The van der Waals surface area contributed by atoms with E-state index in [9.17, 15) is 22.8 Å². The van der Waals surface area contributed by atoms with E-state index in [1.807, 2.05) is 0 Å². The Morgan fingerprint density at radius 1 is 1.47 bits per heavy atom. The number of nitrogens with zero attached hydrogens (tertiary/aromatic N) is 1. The molecule has 9 heteroatoms. The first-order valence-electron chi connectivity index (χ1n) is 4.36. The minimum absolute atomic E-state index is 0.0647. The lowest BCUT2D eigenvalue weighted by Crippen LogP contribution is -2.36. The van der Waals surface area contributed by atoms with Crippen molar-refractivity contribution < 1.29 is 22.8 Å². The number of aromatic nitrogens is 1. The number of thiazole rings is 1. The maximum absolute atomic E-state index is 11.8. The zero-order valence-corrected chi connectivity index (χ0v) is 9.41. The van der Waals surface area contributed by atoms with Crippen LogP contribution < -0.4 is 10.6 Å². The average Bonchev–Trinajstić information content (AvgIpc) is 2.62. The molecule has 0 fully saturated rings. The molecule has 0 saturated heterocycles.